The van der Waals surface area contributed by atoms with Gasteiger partial charge < -0.3 is 10.8 Å². The topological polar surface area (TPSA) is 63.3 Å². The Kier molecular flexibility index (Phi) is 3.25. The lowest BCUT2D eigenvalue weighted by Gasteiger charge is -2.09. The number of aliphatic hydroxyl groups is 1. The van der Waals surface area contributed by atoms with Crippen LogP contribution in [0.1, 0.15) is 28.4 Å². The molecule has 0 aromatic heterocycles. The monoisotopic (exact) mass is 193 g/mol. The molecule has 0 aliphatic heterocycles. The van der Waals surface area contributed by atoms with E-state index in [0.717, 1.165) is 11.1 Å². The summed E-state index contributed by atoms with van der Waals surface area (Å²) in [5.41, 5.74) is 7.59. The normalized spacial score (nSPS) is 12.5. The Bertz CT molecular complexity index is 345. The fourth-order valence-corrected chi connectivity index (χ4v) is 1.45. The smallest absolute Gasteiger partial charge is 0.248 e. The molecule has 14 heavy (non-hydrogen) atoms. The van der Waals surface area contributed by atoms with E-state index in [2.05, 4.69) is 0 Å². The molecule has 1 amide bonds. The van der Waals surface area contributed by atoms with Gasteiger partial charge in [0, 0.05) is 5.56 Å². The molecule has 1 unspecified atom stereocenters. The number of benzene rings is 1. The van der Waals surface area contributed by atoms with Crippen LogP contribution in [0.3, 0.4) is 0 Å². The van der Waals surface area contributed by atoms with E-state index in [1.165, 1.54) is 0 Å². The van der Waals surface area contributed by atoms with Gasteiger partial charge in [-0.25, -0.2) is 0 Å². The van der Waals surface area contributed by atoms with Crippen molar-refractivity contribution in [2.24, 2.45) is 5.73 Å². The first-order valence-electron chi connectivity index (χ1n) is 4.58. The van der Waals surface area contributed by atoms with Crippen molar-refractivity contribution >= 4 is 5.91 Å². The summed E-state index contributed by atoms with van der Waals surface area (Å²) in [6.07, 6.45) is -0.00477. The zero-order chi connectivity index (χ0) is 10.7. The predicted molar refractivity (Wildman–Crippen MR) is 55.1 cm³/mol. The summed E-state index contributed by atoms with van der Waals surface area (Å²) in [6.45, 7) is 3.63. The van der Waals surface area contributed by atoms with E-state index < -0.39 is 12.0 Å². The van der Waals surface area contributed by atoms with Gasteiger partial charge in [-0.2, -0.15) is 0 Å². The number of rotatable bonds is 3. The standard InChI is InChI=1S/C11H15NO2/c1-7-3-4-10(11(12)14)9(5-7)6-8(2)13/h3-5,8,13H,6H2,1-2H3,(H2,12,14). The highest BCUT2D eigenvalue weighted by molar-refractivity contribution is 5.94. The maximum absolute atomic E-state index is 11.1. The summed E-state index contributed by atoms with van der Waals surface area (Å²) in [5.74, 6) is -0.444. The quantitative estimate of drug-likeness (QED) is 0.752. The second-order valence-corrected chi connectivity index (χ2v) is 3.58. The first-order chi connectivity index (χ1) is 6.50. The number of nitrogens with two attached hydrogens (primary N) is 1. The number of amides is 1. The number of aliphatic hydroxyl groups excluding tert-OH is 1. The van der Waals surface area contributed by atoms with Gasteiger partial charge in [-0.1, -0.05) is 17.7 Å². The van der Waals surface area contributed by atoms with Gasteiger partial charge in [-0.15, -0.1) is 0 Å². The van der Waals surface area contributed by atoms with Gasteiger partial charge in [0.05, 0.1) is 6.10 Å². The number of aryl methyl sites for hydroxylation is 1. The van der Waals surface area contributed by atoms with Gasteiger partial charge in [-0.3, -0.25) is 4.79 Å². The fraction of sp³-hybridized carbons (Fsp3) is 0.364. The number of hydrogen-bond donors (Lipinski definition) is 2. The summed E-state index contributed by atoms with van der Waals surface area (Å²) in [7, 11) is 0. The van der Waals surface area contributed by atoms with Crippen molar-refractivity contribution in [2.75, 3.05) is 0 Å². The van der Waals surface area contributed by atoms with E-state index in [9.17, 15) is 9.90 Å². The van der Waals surface area contributed by atoms with E-state index in [1.807, 2.05) is 19.1 Å². The molecule has 0 aliphatic rings. The number of primary amides is 1. The molecule has 0 spiro atoms. The largest absolute Gasteiger partial charge is 0.393 e. The Labute approximate surface area is 83.6 Å². The van der Waals surface area contributed by atoms with Gasteiger partial charge in [0.2, 0.25) is 5.91 Å². The van der Waals surface area contributed by atoms with E-state index >= 15 is 0 Å². The van der Waals surface area contributed by atoms with Crippen LogP contribution >= 0.6 is 0 Å². The molecule has 1 atom stereocenters. The molecular formula is C11H15NO2. The molecule has 3 heteroatoms. The second kappa shape index (κ2) is 4.24. The number of carbonyl (C=O) groups excluding carboxylic acids is 1. The molecular weight excluding hydrogens is 178 g/mol. The second-order valence-electron chi connectivity index (χ2n) is 3.58. The molecule has 76 valence electrons. The molecule has 0 saturated carbocycles. The zero-order valence-electron chi connectivity index (χ0n) is 8.45. The first kappa shape index (κ1) is 10.7. The summed E-state index contributed by atoms with van der Waals surface area (Å²) < 4.78 is 0. The molecule has 0 heterocycles. The SMILES string of the molecule is Cc1ccc(C(N)=O)c(CC(C)O)c1. The van der Waals surface area contributed by atoms with Crippen LogP contribution in [0, 0.1) is 6.92 Å². The van der Waals surface area contributed by atoms with Crippen LogP contribution in [-0.2, 0) is 6.42 Å². The third-order valence-electron chi connectivity index (χ3n) is 2.04. The third kappa shape index (κ3) is 2.57. The summed E-state index contributed by atoms with van der Waals surface area (Å²) in [6, 6.07) is 5.42. The highest BCUT2D eigenvalue weighted by Crippen LogP contribution is 2.13. The minimum absolute atomic E-state index is 0.444. The van der Waals surface area contributed by atoms with Gasteiger partial charge in [0.15, 0.2) is 0 Å². The molecule has 1 aromatic carbocycles. The maximum atomic E-state index is 11.1. The lowest BCUT2D eigenvalue weighted by atomic mass is 9.99. The average molecular weight is 193 g/mol. The van der Waals surface area contributed by atoms with E-state index in [4.69, 9.17) is 5.73 Å². The number of carbonyl (C=O) groups is 1. The highest BCUT2D eigenvalue weighted by Gasteiger charge is 2.09. The molecule has 0 saturated heterocycles. The summed E-state index contributed by atoms with van der Waals surface area (Å²) in [4.78, 5) is 11.1. The molecule has 1 rings (SSSR count). The van der Waals surface area contributed by atoms with Crippen LogP contribution in [0.2, 0.25) is 0 Å². The van der Waals surface area contributed by atoms with Crippen LogP contribution < -0.4 is 5.73 Å². The maximum Gasteiger partial charge on any atom is 0.248 e. The molecule has 1 aromatic rings. The number of hydrogen-bond acceptors (Lipinski definition) is 2. The molecule has 0 bridgehead atoms. The fourth-order valence-electron chi connectivity index (χ4n) is 1.45. The van der Waals surface area contributed by atoms with Crippen LogP contribution in [0.15, 0.2) is 18.2 Å². The third-order valence-corrected chi connectivity index (χ3v) is 2.04. The Balaban J connectivity index is 3.09. The van der Waals surface area contributed by atoms with E-state index in [0.29, 0.717) is 12.0 Å². The van der Waals surface area contributed by atoms with Crippen molar-refractivity contribution in [3.8, 4) is 0 Å². The molecule has 3 N–H and O–H groups in total. The van der Waals surface area contributed by atoms with Crippen molar-refractivity contribution in [3.05, 3.63) is 34.9 Å². The summed E-state index contributed by atoms with van der Waals surface area (Å²) in [5, 5.41) is 9.25. The summed E-state index contributed by atoms with van der Waals surface area (Å²) >= 11 is 0. The van der Waals surface area contributed by atoms with Gasteiger partial charge in [0.1, 0.15) is 0 Å². The van der Waals surface area contributed by atoms with Crippen molar-refractivity contribution in [3.63, 3.8) is 0 Å². The van der Waals surface area contributed by atoms with Crippen molar-refractivity contribution in [1.29, 1.82) is 0 Å². The van der Waals surface area contributed by atoms with E-state index in [-0.39, 0.29) is 0 Å². The van der Waals surface area contributed by atoms with Crippen molar-refractivity contribution in [1.82, 2.24) is 0 Å². The van der Waals surface area contributed by atoms with Crippen LogP contribution in [0.25, 0.3) is 0 Å². The first-order valence-corrected chi connectivity index (χ1v) is 4.58. The van der Waals surface area contributed by atoms with Crippen molar-refractivity contribution in [2.45, 2.75) is 26.4 Å². The van der Waals surface area contributed by atoms with Crippen molar-refractivity contribution < 1.29 is 9.90 Å². The predicted octanol–water partition coefficient (Wildman–Crippen LogP) is 1.02. The highest BCUT2D eigenvalue weighted by atomic mass is 16.3. The zero-order valence-corrected chi connectivity index (χ0v) is 8.45. The Morgan fingerprint density at radius 2 is 2.21 bits per heavy atom. The van der Waals surface area contributed by atoms with Crippen LogP contribution in [0.4, 0.5) is 0 Å². The Morgan fingerprint density at radius 3 is 2.71 bits per heavy atom. The van der Waals surface area contributed by atoms with Crippen LogP contribution in [0.5, 0.6) is 0 Å². The molecule has 0 radical (unpaired) electrons. The lowest BCUT2D eigenvalue weighted by molar-refractivity contribution is 0.0998. The molecule has 0 aliphatic carbocycles. The molecule has 0 fully saturated rings. The Hall–Kier alpha value is -1.35. The van der Waals surface area contributed by atoms with Gasteiger partial charge >= 0.3 is 0 Å². The molecule has 3 nitrogen and oxygen atoms in total. The minimum Gasteiger partial charge on any atom is -0.393 e. The van der Waals surface area contributed by atoms with Gasteiger partial charge in [-0.05, 0) is 31.9 Å². The van der Waals surface area contributed by atoms with Crippen LogP contribution in [-0.4, -0.2) is 17.1 Å². The van der Waals surface area contributed by atoms with Gasteiger partial charge in [0.25, 0.3) is 0 Å². The lowest BCUT2D eigenvalue weighted by Crippen LogP contribution is -2.16. The minimum atomic E-state index is -0.463. The average Bonchev–Trinajstić information content (AvgIpc) is 2.01. The Morgan fingerprint density at radius 1 is 1.57 bits per heavy atom. The van der Waals surface area contributed by atoms with E-state index in [1.54, 1.807) is 13.0 Å².